The Kier molecular flexibility index (Phi) is 2.85. The van der Waals surface area contributed by atoms with Crippen molar-refractivity contribution in [2.75, 3.05) is 6.54 Å². The topological polar surface area (TPSA) is 77.8 Å². The second kappa shape index (κ2) is 4.30. The van der Waals surface area contributed by atoms with Crippen LogP contribution in [-0.2, 0) is 6.42 Å². The predicted octanol–water partition coefficient (Wildman–Crippen LogP) is 1.08. The number of aryl methyl sites for hydroxylation is 1. The van der Waals surface area contributed by atoms with Gasteiger partial charge in [-0.3, -0.25) is 4.98 Å². The van der Waals surface area contributed by atoms with E-state index in [1.807, 2.05) is 0 Å². The van der Waals surface area contributed by atoms with Crippen molar-refractivity contribution >= 4 is 11.3 Å². The van der Waals surface area contributed by atoms with Crippen LogP contribution in [0.4, 0.5) is 0 Å². The first-order chi connectivity index (χ1) is 6.90. The average molecular weight is 210 g/mol. The summed E-state index contributed by atoms with van der Waals surface area (Å²) in [5, 5.41) is 3.85. The molecule has 0 spiro atoms. The van der Waals surface area contributed by atoms with Gasteiger partial charge in [0.05, 0.1) is 11.7 Å². The van der Waals surface area contributed by atoms with Crippen molar-refractivity contribution in [3.05, 3.63) is 17.5 Å². The maximum atomic E-state index is 5.38. The molecule has 2 aromatic heterocycles. The van der Waals surface area contributed by atoms with E-state index in [9.17, 15) is 0 Å². The maximum absolute atomic E-state index is 5.38. The van der Waals surface area contributed by atoms with Gasteiger partial charge in [-0.1, -0.05) is 5.16 Å². The van der Waals surface area contributed by atoms with Crippen LogP contribution < -0.4 is 5.73 Å². The number of thiazole rings is 1. The van der Waals surface area contributed by atoms with Gasteiger partial charge in [-0.25, -0.2) is 0 Å². The number of rotatable bonds is 4. The number of nitrogens with two attached hydrogens (primary N) is 1. The number of hydrogen-bond donors (Lipinski definition) is 1. The van der Waals surface area contributed by atoms with Crippen LogP contribution >= 0.6 is 11.3 Å². The van der Waals surface area contributed by atoms with E-state index in [0.717, 1.165) is 17.7 Å². The minimum atomic E-state index is 0.541. The molecule has 0 fully saturated rings. The molecule has 0 saturated heterocycles. The number of aromatic nitrogens is 3. The second-order valence-corrected chi connectivity index (χ2v) is 3.66. The third-order valence-corrected chi connectivity index (χ3v) is 2.48. The molecule has 14 heavy (non-hydrogen) atoms. The molecule has 2 heterocycles. The average Bonchev–Trinajstić information content (AvgIpc) is 2.85. The summed E-state index contributed by atoms with van der Waals surface area (Å²) in [5.74, 6) is 1.25. The van der Waals surface area contributed by atoms with E-state index < -0.39 is 0 Å². The lowest BCUT2D eigenvalue weighted by atomic mass is 10.3. The molecule has 0 amide bonds. The molecule has 6 heteroatoms. The highest BCUT2D eigenvalue weighted by atomic mass is 32.1. The molecule has 0 aliphatic heterocycles. The molecule has 74 valence electrons. The molecule has 2 rings (SSSR count). The van der Waals surface area contributed by atoms with E-state index in [0.29, 0.717) is 18.3 Å². The summed E-state index contributed by atoms with van der Waals surface area (Å²) in [6.07, 6.45) is 3.35. The van der Waals surface area contributed by atoms with Crippen molar-refractivity contribution in [2.24, 2.45) is 5.73 Å². The van der Waals surface area contributed by atoms with E-state index >= 15 is 0 Å². The standard InChI is InChI=1S/C8H10N4OS/c9-3-1-2-7-11-8(13-12-7)6-4-10-5-14-6/h4-5H,1-3,9H2. The van der Waals surface area contributed by atoms with Gasteiger partial charge in [0.2, 0.25) is 0 Å². The van der Waals surface area contributed by atoms with Gasteiger partial charge in [0, 0.05) is 6.42 Å². The van der Waals surface area contributed by atoms with Gasteiger partial charge in [-0.15, -0.1) is 11.3 Å². The Balaban J connectivity index is 2.10. The quantitative estimate of drug-likeness (QED) is 0.817. The van der Waals surface area contributed by atoms with Gasteiger partial charge in [0.25, 0.3) is 5.89 Å². The number of hydrogen-bond acceptors (Lipinski definition) is 6. The van der Waals surface area contributed by atoms with Crippen LogP contribution in [0.1, 0.15) is 12.2 Å². The van der Waals surface area contributed by atoms with Gasteiger partial charge in [-0.05, 0) is 13.0 Å². The lowest BCUT2D eigenvalue weighted by Crippen LogP contribution is -2.01. The Bertz CT molecular complexity index is 384. The normalized spacial score (nSPS) is 10.6. The molecule has 0 aliphatic rings. The molecule has 0 radical (unpaired) electrons. The molecule has 5 nitrogen and oxygen atoms in total. The zero-order valence-electron chi connectivity index (χ0n) is 7.51. The third kappa shape index (κ3) is 1.97. The van der Waals surface area contributed by atoms with Crippen molar-refractivity contribution in [1.29, 1.82) is 0 Å². The monoisotopic (exact) mass is 210 g/mol. The molecular formula is C8H10N4OS. The zero-order valence-corrected chi connectivity index (χ0v) is 8.33. The molecular weight excluding hydrogens is 200 g/mol. The van der Waals surface area contributed by atoms with E-state index in [2.05, 4.69) is 15.1 Å². The smallest absolute Gasteiger partial charge is 0.269 e. The van der Waals surface area contributed by atoms with Crippen LogP contribution in [0.3, 0.4) is 0 Å². The van der Waals surface area contributed by atoms with Crippen molar-refractivity contribution < 1.29 is 4.52 Å². The van der Waals surface area contributed by atoms with E-state index in [-0.39, 0.29) is 0 Å². The SMILES string of the molecule is NCCCc1noc(-c2cncs2)n1. The van der Waals surface area contributed by atoms with Gasteiger partial charge in [-0.2, -0.15) is 4.98 Å². The van der Waals surface area contributed by atoms with Crippen LogP contribution in [-0.4, -0.2) is 21.7 Å². The first-order valence-corrected chi connectivity index (χ1v) is 5.19. The Hall–Kier alpha value is -1.27. The largest absolute Gasteiger partial charge is 0.333 e. The van der Waals surface area contributed by atoms with Crippen LogP contribution in [0, 0.1) is 0 Å². The Labute approximate surface area is 85.0 Å². The molecule has 0 unspecified atom stereocenters. The van der Waals surface area contributed by atoms with Gasteiger partial charge in [0.15, 0.2) is 5.82 Å². The summed E-state index contributed by atoms with van der Waals surface area (Å²) < 4.78 is 5.07. The maximum Gasteiger partial charge on any atom is 0.269 e. The summed E-state index contributed by atoms with van der Waals surface area (Å²) in [6, 6.07) is 0. The summed E-state index contributed by atoms with van der Waals surface area (Å²) in [7, 11) is 0. The van der Waals surface area contributed by atoms with Crippen molar-refractivity contribution in [1.82, 2.24) is 15.1 Å². The third-order valence-electron chi connectivity index (χ3n) is 1.72. The highest BCUT2D eigenvalue weighted by molar-refractivity contribution is 7.13. The van der Waals surface area contributed by atoms with Crippen molar-refractivity contribution in [3.8, 4) is 10.8 Å². The highest BCUT2D eigenvalue weighted by Gasteiger charge is 2.09. The summed E-state index contributed by atoms with van der Waals surface area (Å²) in [5.41, 5.74) is 7.12. The minimum absolute atomic E-state index is 0.541. The first-order valence-electron chi connectivity index (χ1n) is 4.31. The first kappa shape index (κ1) is 9.29. The lowest BCUT2D eigenvalue weighted by Gasteiger charge is -1.87. The minimum Gasteiger partial charge on any atom is -0.333 e. The second-order valence-electron chi connectivity index (χ2n) is 2.77. The van der Waals surface area contributed by atoms with Gasteiger partial charge in [0.1, 0.15) is 4.88 Å². The van der Waals surface area contributed by atoms with Crippen LogP contribution in [0.2, 0.25) is 0 Å². The Morgan fingerprint density at radius 1 is 1.50 bits per heavy atom. The molecule has 0 aromatic carbocycles. The molecule has 2 aromatic rings. The number of nitrogens with zero attached hydrogens (tertiary/aromatic N) is 3. The summed E-state index contributed by atoms with van der Waals surface area (Å²) in [6.45, 7) is 0.643. The molecule has 0 atom stereocenters. The molecule has 0 bridgehead atoms. The molecule has 0 aliphatic carbocycles. The van der Waals surface area contributed by atoms with E-state index in [1.165, 1.54) is 11.3 Å². The predicted molar refractivity (Wildman–Crippen MR) is 52.8 cm³/mol. The van der Waals surface area contributed by atoms with Crippen molar-refractivity contribution in [2.45, 2.75) is 12.8 Å². The lowest BCUT2D eigenvalue weighted by molar-refractivity contribution is 0.422. The fourth-order valence-corrected chi connectivity index (χ4v) is 1.58. The van der Waals surface area contributed by atoms with E-state index in [4.69, 9.17) is 10.3 Å². The van der Waals surface area contributed by atoms with Gasteiger partial charge < -0.3 is 10.3 Å². The Morgan fingerprint density at radius 2 is 2.43 bits per heavy atom. The highest BCUT2D eigenvalue weighted by Crippen LogP contribution is 2.20. The van der Waals surface area contributed by atoms with Crippen LogP contribution in [0.25, 0.3) is 10.8 Å². The van der Waals surface area contributed by atoms with Gasteiger partial charge >= 0.3 is 0 Å². The molecule has 2 N–H and O–H groups in total. The van der Waals surface area contributed by atoms with Crippen LogP contribution in [0.5, 0.6) is 0 Å². The van der Waals surface area contributed by atoms with Crippen molar-refractivity contribution in [3.63, 3.8) is 0 Å². The molecule has 0 saturated carbocycles. The van der Waals surface area contributed by atoms with E-state index in [1.54, 1.807) is 11.7 Å². The van der Waals surface area contributed by atoms with Crippen LogP contribution in [0.15, 0.2) is 16.2 Å². The Morgan fingerprint density at radius 3 is 3.14 bits per heavy atom. The summed E-state index contributed by atoms with van der Waals surface area (Å²) >= 11 is 1.48. The summed E-state index contributed by atoms with van der Waals surface area (Å²) in [4.78, 5) is 9.07. The fourth-order valence-electron chi connectivity index (χ4n) is 1.04. The fraction of sp³-hybridized carbons (Fsp3) is 0.375. The zero-order chi connectivity index (χ0) is 9.80.